The number of hydrogen-bond acceptors (Lipinski definition) is 6. The van der Waals surface area contributed by atoms with Crippen molar-refractivity contribution in [2.75, 3.05) is 11.9 Å². The van der Waals surface area contributed by atoms with Crippen LogP contribution < -0.4 is 5.32 Å². The Kier molecular flexibility index (Phi) is 4.50. The van der Waals surface area contributed by atoms with Crippen molar-refractivity contribution in [1.82, 2.24) is 4.98 Å². The number of thiazole rings is 1. The van der Waals surface area contributed by atoms with Crippen molar-refractivity contribution in [2.45, 2.75) is 27.2 Å². The van der Waals surface area contributed by atoms with Gasteiger partial charge in [0.15, 0.2) is 5.13 Å². The summed E-state index contributed by atoms with van der Waals surface area (Å²) in [6.45, 7) is 5.54. The Hall–Kier alpha value is -1.96. The van der Waals surface area contributed by atoms with Crippen LogP contribution in [0.25, 0.3) is 0 Å². The highest BCUT2D eigenvalue weighted by atomic mass is 32.1. The van der Waals surface area contributed by atoms with Crippen LogP contribution in [0.4, 0.5) is 5.13 Å². The first-order chi connectivity index (χ1) is 10.3. The lowest BCUT2D eigenvalue weighted by Gasteiger charge is -2.02. The number of amides is 1. The quantitative estimate of drug-likeness (QED) is 0.768. The second kappa shape index (κ2) is 6.04. The predicted molar refractivity (Wildman–Crippen MR) is 79.5 cm³/mol. The summed E-state index contributed by atoms with van der Waals surface area (Å²) in [4.78, 5) is 38.7. The van der Waals surface area contributed by atoms with Gasteiger partial charge in [0, 0.05) is 5.38 Å². The molecule has 1 fully saturated rings. The highest BCUT2D eigenvalue weighted by Crippen LogP contribution is 2.58. The van der Waals surface area contributed by atoms with Gasteiger partial charge in [0.1, 0.15) is 0 Å². The topological polar surface area (TPSA) is 106 Å². The van der Waals surface area contributed by atoms with E-state index in [1.807, 2.05) is 0 Å². The molecule has 1 saturated carbocycles. The summed E-state index contributed by atoms with van der Waals surface area (Å²) in [5.41, 5.74) is -0.0374. The maximum Gasteiger partial charge on any atom is 0.311 e. The Balaban J connectivity index is 1.95. The van der Waals surface area contributed by atoms with Gasteiger partial charge in [-0.1, -0.05) is 13.8 Å². The third-order valence-electron chi connectivity index (χ3n) is 3.79. The molecule has 22 heavy (non-hydrogen) atoms. The molecule has 0 unspecified atom stereocenters. The van der Waals surface area contributed by atoms with E-state index in [4.69, 9.17) is 9.84 Å². The van der Waals surface area contributed by atoms with Crippen LogP contribution in [0.5, 0.6) is 0 Å². The largest absolute Gasteiger partial charge is 0.481 e. The van der Waals surface area contributed by atoms with E-state index in [1.54, 1.807) is 26.2 Å². The van der Waals surface area contributed by atoms with E-state index in [0.717, 1.165) is 0 Å². The number of aliphatic carboxylic acids is 1. The van der Waals surface area contributed by atoms with Crippen molar-refractivity contribution < 1.29 is 24.2 Å². The minimum atomic E-state index is -0.965. The molecule has 7 nitrogen and oxygen atoms in total. The summed E-state index contributed by atoms with van der Waals surface area (Å²) in [5.74, 6) is -2.93. The monoisotopic (exact) mass is 326 g/mol. The van der Waals surface area contributed by atoms with Crippen LogP contribution in [-0.4, -0.2) is 34.5 Å². The maximum atomic E-state index is 12.1. The lowest BCUT2D eigenvalue weighted by atomic mass is 10.1. The van der Waals surface area contributed by atoms with Gasteiger partial charge in [-0.15, -0.1) is 11.3 Å². The lowest BCUT2D eigenvalue weighted by molar-refractivity contribution is -0.142. The van der Waals surface area contributed by atoms with Gasteiger partial charge in [-0.05, 0) is 12.3 Å². The SMILES string of the molecule is CCOC(=O)Cc1csc(NC(=O)[C@@H]2[C@H](C(=O)O)C2(C)C)n1. The highest BCUT2D eigenvalue weighted by molar-refractivity contribution is 7.13. The third kappa shape index (κ3) is 3.27. The smallest absolute Gasteiger partial charge is 0.311 e. The van der Waals surface area contributed by atoms with E-state index in [1.165, 1.54) is 11.3 Å². The van der Waals surface area contributed by atoms with Crippen molar-refractivity contribution in [3.05, 3.63) is 11.1 Å². The first-order valence-corrected chi connectivity index (χ1v) is 7.79. The van der Waals surface area contributed by atoms with Crippen molar-refractivity contribution in [3.8, 4) is 0 Å². The number of carboxylic acids is 1. The van der Waals surface area contributed by atoms with Gasteiger partial charge in [-0.3, -0.25) is 14.4 Å². The van der Waals surface area contributed by atoms with E-state index in [0.29, 0.717) is 17.4 Å². The van der Waals surface area contributed by atoms with E-state index in [2.05, 4.69) is 10.3 Å². The number of anilines is 1. The Labute approximate surface area is 131 Å². The molecular formula is C14H18N2O5S. The zero-order valence-electron chi connectivity index (χ0n) is 12.6. The third-order valence-corrected chi connectivity index (χ3v) is 4.60. The van der Waals surface area contributed by atoms with Gasteiger partial charge in [-0.2, -0.15) is 0 Å². The molecule has 1 heterocycles. The number of carboxylic acid groups (broad SMARTS) is 1. The van der Waals surface area contributed by atoms with Crippen molar-refractivity contribution in [1.29, 1.82) is 0 Å². The second-order valence-corrected chi connectivity index (χ2v) is 6.59. The fraction of sp³-hybridized carbons (Fsp3) is 0.571. The molecule has 2 rings (SSSR count). The Bertz CT molecular complexity index is 610. The molecule has 0 spiro atoms. The second-order valence-electron chi connectivity index (χ2n) is 5.73. The molecule has 0 aromatic carbocycles. The molecule has 1 aromatic heterocycles. The van der Waals surface area contributed by atoms with Crippen LogP contribution in [0, 0.1) is 17.3 Å². The zero-order chi connectivity index (χ0) is 16.5. The van der Waals surface area contributed by atoms with Crippen LogP contribution in [0.2, 0.25) is 0 Å². The van der Waals surface area contributed by atoms with Crippen LogP contribution in [0.15, 0.2) is 5.38 Å². The van der Waals surface area contributed by atoms with Gasteiger partial charge < -0.3 is 15.2 Å². The molecule has 0 aliphatic heterocycles. The van der Waals surface area contributed by atoms with Crippen LogP contribution in [0.3, 0.4) is 0 Å². The highest BCUT2D eigenvalue weighted by Gasteiger charge is 2.65. The zero-order valence-corrected chi connectivity index (χ0v) is 13.4. The standard InChI is InChI=1S/C14H18N2O5S/c1-4-21-8(17)5-7-6-22-13(15-7)16-11(18)9-10(12(19)20)14(9,2)3/h6,9-10H,4-5H2,1-3H3,(H,19,20)(H,15,16,18)/t9-,10+/m0/s1. The molecule has 120 valence electrons. The molecule has 1 amide bonds. The molecule has 1 aromatic rings. The first-order valence-electron chi connectivity index (χ1n) is 6.91. The van der Waals surface area contributed by atoms with Crippen molar-refractivity contribution in [3.63, 3.8) is 0 Å². The van der Waals surface area contributed by atoms with Gasteiger partial charge in [-0.25, -0.2) is 4.98 Å². The minimum absolute atomic E-state index is 0.0485. The number of ether oxygens (including phenoxy) is 1. The van der Waals surface area contributed by atoms with Gasteiger partial charge >= 0.3 is 11.9 Å². The summed E-state index contributed by atoms with van der Waals surface area (Å²) >= 11 is 1.19. The van der Waals surface area contributed by atoms with Gasteiger partial charge in [0.25, 0.3) is 0 Å². The number of aromatic nitrogens is 1. The van der Waals surface area contributed by atoms with E-state index >= 15 is 0 Å². The number of nitrogens with zero attached hydrogens (tertiary/aromatic N) is 1. The fourth-order valence-electron chi connectivity index (χ4n) is 2.58. The summed E-state index contributed by atoms with van der Waals surface area (Å²) < 4.78 is 4.83. The molecule has 2 atom stereocenters. The number of rotatable bonds is 6. The molecule has 1 aliphatic rings. The molecule has 0 bridgehead atoms. The summed E-state index contributed by atoms with van der Waals surface area (Å²) in [6.07, 6.45) is 0.0485. The predicted octanol–water partition coefficient (Wildman–Crippen LogP) is 1.54. The minimum Gasteiger partial charge on any atom is -0.481 e. The average molecular weight is 326 g/mol. The van der Waals surface area contributed by atoms with Crippen molar-refractivity contribution >= 4 is 34.3 Å². The molecule has 1 aliphatic carbocycles. The molecule has 2 N–H and O–H groups in total. The number of carbonyl (C=O) groups is 3. The maximum absolute atomic E-state index is 12.1. The van der Waals surface area contributed by atoms with Crippen molar-refractivity contribution in [2.24, 2.45) is 17.3 Å². The van der Waals surface area contributed by atoms with E-state index < -0.39 is 23.2 Å². The molecule has 0 radical (unpaired) electrons. The summed E-state index contributed by atoms with van der Waals surface area (Å²) in [6, 6.07) is 0. The average Bonchev–Trinajstić information content (AvgIpc) is 2.74. The van der Waals surface area contributed by atoms with Crippen LogP contribution in [-0.2, 0) is 25.5 Å². The number of esters is 1. The Morgan fingerprint density at radius 1 is 1.41 bits per heavy atom. The Morgan fingerprint density at radius 2 is 2.09 bits per heavy atom. The summed E-state index contributed by atoms with van der Waals surface area (Å²) in [7, 11) is 0. The molecule has 0 saturated heterocycles. The summed E-state index contributed by atoms with van der Waals surface area (Å²) in [5, 5.41) is 13.7. The number of carbonyl (C=O) groups excluding carboxylic acids is 2. The first kappa shape index (κ1) is 16.4. The molecular weight excluding hydrogens is 308 g/mol. The van der Waals surface area contributed by atoms with E-state index in [-0.39, 0.29) is 18.3 Å². The fourth-order valence-corrected chi connectivity index (χ4v) is 3.29. The number of hydrogen-bond donors (Lipinski definition) is 2. The number of nitrogens with one attached hydrogen (secondary N) is 1. The molecule has 8 heteroatoms. The van der Waals surface area contributed by atoms with Gasteiger partial charge in [0.2, 0.25) is 5.91 Å². The lowest BCUT2D eigenvalue weighted by Crippen LogP contribution is -2.17. The van der Waals surface area contributed by atoms with Crippen LogP contribution >= 0.6 is 11.3 Å². The van der Waals surface area contributed by atoms with Crippen LogP contribution in [0.1, 0.15) is 26.5 Å². The Morgan fingerprint density at radius 3 is 2.64 bits per heavy atom. The van der Waals surface area contributed by atoms with Gasteiger partial charge in [0.05, 0.1) is 30.6 Å². The normalized spacial score (nSPS) is 22.0. The van der Waals surface area contributed by atoms with E-state index in [9.17, 15) is 14.4 Å².